The number of rotatable bonds is 4. The van der Waals surface area contributed by atoms with Crippen LogP contribution in [0.15, 0.2) is 62.2 Å². The molecule has 0 saturated carbocycles. The van der Waals surface area contributed by atoms with E-state index in [-0.39, 0.29) is 0 Å². The summed E-state index contributed by atoms with van der Waals surface area (Å²) >= 11 is 0. The Morgan fingerprint density at radius 1 is 1.04 bits per heavy atom. The third kappa shape index (κ3) is 3.13. The van der Waals surface area contributed by atoms with Crippen molar-refractivity contribution in [2.24, 2.45) is 0 Å². The number of fused-ring (bicyclic) bond motifs is 2. The average Bonchev–Trinajstić information content (AvgIpc) is 3.11. The molecule has 2 aromatic heterocycles. The summed E-state index contributed by atoms with van der Waals surface area (Å²) in [5.74, 6) is 0.572. The first-order chi connectivity index (χ1) is 13.5. The lowest BCUT2D eigenvalue weighted by Crippen LogP contribution is -2.25. The van der Waals surface area contributed by atoms with Gasteiger partial charge < -0.3 is 18.3 Å². The van der Waals surface area contributed by atoms with E-state index in [4.69, 9.17) is 18.3 Å². The van der Waals surface area contributed by atoms with Gasteiger partial charge in [-0.15, -0.1) is 0 Å². The zero-order chi connectivity index (χ0) is 19.8. The summed E-state index contributed by atoms with van der Waals surface area (Å²) in [6.07, 6.45) is -0.772. The number of hydrogen-bond donors (Lipinski definition) is 0. The molecule has 0 aliphatic carbocycles. The Kier molecular flexibility index (Phi) is 4.39. The second kappa shape index (κ2) is 6.88. The predicted octanol–water partition coefficient (Wildman–Crippen LogP) is 4.45. The second-order valence-electron chi connectivity index (χ2n) is 6.52. The minimum Gasteiger partial charge on any atom is -0.479 e. The third-order valence-corrected chi connectivity index (χ3v) is 4.57. The second-order valence-corrected chi connectivity index (χ2v) is 6.52. The van der Waals surface area contributed by atoms with Gasteiger partial charge in [-0.2, -0.15) is 0 Å². The quantitative estimate of drug-likeness (QED) is 0.385. The van der Waals surface area contributed by atoms with Gasteiger partial charge in [0.15, 0.2) is 6.10 Å². The highest BCUT2D eigenvalue weighted by atomic mass is 16.6. The van der Waals surface area contributed by atoms with Crippen molar-refractivity contribution in [3.63, 3.8) is 0 Å². The first-order valence-corrected chi connectivity index (χ1v) is 8.78. The zero-order valence-electron chi connectivity index (χ0n) is 15.6. The van der Waals surface area contributed by atoms with Crippen LogP contribution in [-0.2, 0) is 9.53 Å². The third-order valence-electron chi connectivity index (χ3n) is 4.57. The summed E-state index contributed by atoms with van der Waals surface area (Å²) in [7, 11) is 1.31. The van der Waals surface area contributed by atoms with Crippen molar-refractivity contribution >= 4 is 27.9 Å². The first kappa shape index (κ1) is 17.9. The Morgan fingerprint density at radius 3 is 2.57 bits per heavy atom. The number of para-hydroxylation sites is 1. The van der Waals surface area contributed by atoms with Crippen molar-refractivity contribution in [1.29, 1.82) is 0 Å². The number of carbonyl (C=O) groups excluding carboxylic acids is 1. The highest BCUT2D eigenvalue weighted by Crippen LogP contribution is 2.35. The molecule has 4 rings (SSSR count). The van der Waals surface area contributed by atoms with E-state index in [0.29, 0.717) is 28.0 Å². The fourth-order valence-corrected chi connectivity index (χ4v) is 3.14. The van der Waals surface area contributed by atoms with Crippen LogP contribution in [0, 0.1) is 6.92 Å². The van der Waals surface area contributed by atoms with Crippen LogP contribution in [0.5, 0.6) is 5.75 Å². The van der Waals surface area contributed by atoms with Crippen LogP contribution >= 0.6 is 0 Å². The molecule has 6 nitrogen and oxygen atoms in total. The standard InChI is InChI=1S/C22H18O6/c1-12-8-19-15(10-18(12)26-13(2)22(24)25-3)16(11-21(23)28-19)20-9-14-6-4-5-7-17(14)27-20/h4-11,13H,1-3H3/t13-/m1/s1. The van der Waals surface area contributed by atoms with Gasteiger partial charge in [0, 0.05) is 22.4 Å². The molecule has 142 valence electrons. The van der Waals surface area contributed by atoms with Gasteiger partial charge >= 0.3 is 11.6 Å². The van der Waals surface area contributed by atoms with Crippen molar-refractivity contribution in [1.82, 2.24) is 0 Å². The van der Waals surface area contributed by atoms with Gasteiger partial charge in [-0.1, -0.05) is 18.2 Å². The summed E-state index contributed by atoms with van der Waals surface area (Å²) in [5, 5.41) is 1.58. The van der Waals surface area contributed by atoms with E-state index in [1.54, 1.807) is 19.1 Å². The zero-order valence-corrected chi connectivity index (χ0v) is 15.6. The van der Waals surface area contributed by atoms with Crippen molar-refractivity contribution < 1.29 is 23.1 Å². The first-order valence-electron chi connectivity index (χ1n) is 8.78. The van der Waals surface area contributed by atoms with E-state index in [1.807, 2.05) is 37.3 Å². The van der Waals surface area contributed by atoms with E-state index in [0.717, 1.165) is 16.5 Å². The number of furan rings is 1. The Balaban J connectivity index is 1.89. The Hall–Kier alpha value is -3.54. The highest BCUT2D eigenvalue weighted by Gasteiger charge is 2.19. The minimum atomic E-state index is -0.772. The maximum atomic E-state index is 12.1. The summed E-state index contributed by atoms with van der Waals surface area (Å²) in [6.45, 7) is 3.42. The fraction of sp³-hybridized carbons (Fsp3) is 0.182. The molecule has 4 aromatic rings. The van der Waals surface area contributed by atoms with Crippen molar-refractivity contribution in [3.05, 3.63) is 64.5 Å². The Labute approximate surface area is 160 Å². The molecule has 0 radical (unpaired) electrons. The highest BCUT2D eigenvalue weighted by molar-refractivity contribution is 5.95. The van der Waals surface area contributed by atoms with Gasteiger partial charge in [-0.05, 0) is 43.7 Å². The molecule has 0 bridgehead atoms. The van der Waals surface area contributed by atoms with Crippen LogP contribution in [0.1, 0.15) is 12.5 Å². The molecular weight excluding hydrogens is 360 g/mol. The molecule has 0 aliphatic rings. The lowest BCUT2D eigenvalue weighted by molar-refractivity contribution is -0.147. The molecule has 0 aliphatic heterocycles. The van der Waals surface area contributed by atoms with Crippen molar-refractivity contribution in [3.8, 4) is 17.1 Å². The number of hydrogen-bond acceptors (Lipinski definition) is 6. The molecule has 0 saturated heterocycles. The molecule has 0 fully saturated rings. The molecular formula is C22H18O6. The van der Waals surface area contributed by atoms with Crippen LogP contribution in [0.4, 0.5) is 0 Å². The number of esters is 1. The molecule has 6 heteroatoms. The van der Waals surface area contributed by atoms with Crippen LogP contribution < -0.4 is 10.4 Å². The molecule has 1 atom stereocenters. The number of methoxy groups -OCH3 is 1. The fourth-order valence-electron chi connectivity index (χ4n) is 3.14. The number of aryl methyl sites for hydroxylation is 1. The molecule has 2 heterocycles. The molecule has 2 aromatic carbocycles. The van der Waals surface area contributed by atoms with Gasteiger partial charge in [0.05, 0.1) is 7.11 Å². The molecule has 0 spiro atoms. The topological polar surface area (TPSA) is 78.9 Å². The maximum absolute atomic E-state index is 12.1. The van der Waals surface area contributed by atoms with E-state index in [2.05, 4.69) is 0 Å². The normalized spacial score (nSPS) is 12.2. The molecule has 28 heavy (non-hydrogen) atoms. The monoisotopic (exact) mass is 378 g/mol. The minimum absolute atomic E-state index is 0.415. The Bertz CT molecular complexity index is 1210. The average molecular weight is 378 g/mol. The SMILES string of the molecule is COC(=O)[C@@H](C)Oc1cc2c(-c3cc4ccccc4o3)cc(=O)oc2cc1C. The van der Waals surface area contributed by atoms with E-state index >= 15 is 0 Å². The summed E-state index contributed by atoms with van der Waals surface area (Å²) < 4.78 is 21.8. The summed E-state index contributed by atoms with van der Waals surface area (Å²) in [5.41, 5.74) is 1.99. The van der Waals surface area contributed by atoms with Crippen LogP contribution in [-0.4, -0.2) is 19.2 Å². The van der Waals surface area contributed by atoms with Gasteiger partial charge in [0.25, 0.3) is 0 Å². The van der Waals surface area contributed by atoms with E-state index in [1.165, 1.54) is 13.2 Å². The number of benzene rings is 2. The van der Waals surface area contributed by atoms with Gasteiger partial charge in [0.2, 0.25) is 0 Å². The molecule has 0 amide bonds. The lowest BCUT2D eigenvalue weighted by Gasteiger charge is -2.15. The number of ether oxygens (including phenoxy) is 2. The van der Waals surface area contributed by atoms with E-state index < -0.39 is 17.7 Å². The Morgan fingerprint density at radius 2 is 1.82 bits per heavy atom. The smallest absolute Gasteiger partial charge is 0.346 e. The van der Waals surface area contributed by atoms with Crippen LogP contribution in [0.3, 0.4) is 0 Å². The number of carbonyl (C=O) groups is 1. The van der Waals surface area contributed by atoms with Crippen LogP contribution in [0.2, 0.25) is 0 Å². The molecule has 0 unspecified atom stereocenters. The summed E-state index contributed by atoms with van der Waals surface area (Å²) in [4.78, 5) is 23.8. The predicted molar refractivity (Wildman–Crippen MR) is 105 cm³/mol. The maximum Gasteiger partial charge on any atom is 0.346 e. The van der Waals surface area contributed by atoms with Gasteiger partial charge in [-0.25, -0.2) is 9.59 Å². The van der Waals surface area contributed by atoms with Gasteiger partial charge in [-0.3, -0.25) is 0 Å². The van der Waals surface area contributed by atoms with Crippen LogP contribution in [0.25, 0.3) is 33.3 Å². The lowest BCUT2D eigenvalue weighted by atomic mass is 10.0. The van der Waals surface area contributed by atoms with Gasteiger partial charge in [0.1, 0.15) is 22.7 Å². The van der Waals surface area contributed by atoms with E-state index in [9.17, 15) is 9.59 Å². The van der Waals surface area contributed by atoms with Crippen molar-refractivity contribution in [2.45, 2.75) is 20.0 Å². The van der Waals surface area contributed by atoms with Crippen molar-refractivity contribution in [2.75, 3.05) is 7.11 Å². The molecule has 0 N–H and O–H groups in total. The largest absolute Gasteiger partial charge is 0.479 e. The summed E-state index contributed by atoms with van der Waals surface area (Å²) in [6, 6.07) is 14.3.